The fourth-order valence-electron chi connectivity index (χ4n) is 4.10. The number of ether oxygens (including phenoxy) is 2. The van der Waals surface area contributed by atoms with Crippen molar-refractivity contribution in [3.05, 3.63) is 95.6 Å². The molecule has 1 aliphatic rings. The number of nitrogens with one attached hydrogen (secondary N) is 1. The highest BCUT2D eigenvalue weighted by molar-refractivity contribution is 6.03. The third kappa shape index (κ3) is 7.12. The first-order valence-corrected chi connectivity index (χ1v) is 12.0. The maximum absolute atomic E-state index is 12.8. The summed E-state index contributed by atoms with van der Waals surface area (Å²) < 4.78 is 47.5. The van der Waals surface area contributed by atoms with Gasteiger partial charge in [-0.3, -0.25) is 14.4 Å². The van der Waals surface area contributed by atoms with Crippen molar-refractivity contribution in [2.75, 3.05) is 19.6 Å². The zero-order chi connectivity index (χ0) is 27.1. The molecule has 2 amide bonds. The van der Waals surface area contributed by atoms with Crippen LogP contribution in [0.2, 0.25) is 0 Å². The van der Waals surface area contributed by atoms with E-state index in [1.807, 2.05) is 0 Å². The maximum Gasteiger partial charge on any atom is 0.573 e. The molecule has 3 aromatic rings. The first kappa shape index (κ1) is 26.7. The van der Waals surface area contributed by atoms with Crippen LogP contribution in [-0.2, 0) is 0 Å². The Labute approximate surface area is 217 Å². The molecular formula is C28H25F3N2O5. The van der Waals surface area contributed by atoms with Crippen LogP contribution in [0.5, 0.6) is 11.5 Å². The molecule has 1 saturated heterocycles. The third-order valence-corrected chi connectivity index (χ3v) is 5.97. The number of piperidine rings is 1. The summed E-state index contributed by atoms with van der Waals surface area (Å²) in [4.78, 5) is 39.5. The van der Waals surface area contributed by atoms with Gasteiger partial charge in [0.2, 0.25) is 0 Å². The highest BCUT2D eigenvalue weighted by Gasteiger charge is 2.32. The van der Waals surface area contributed by atoms with E-state index in [-0.39, 0.29) is 29.6 Å². The molecule has 4 rings (SSSR count). The summed E-state index contributed by atoms with van der Waals surface area (Å²) in [5.74, 6) is -1.16. The SMILES string of the molecule is O=C(CNC(=O)c1ccccc1OC1CCN(C(=O)c2cccc(OC(F)(F)F)c2)CC1)c1ccccc1. The molecule has 3 aromatic carbocycles. The Bertz CT molecular complexity index is 1290. The maximum atomic E-state index is 12.8. The molecule has 10 heteroatoms. The number of nitrogens with zero attached hydrogens (tertiary/aromatic N) is 1. The summed E-state index contributed by atoms with van der Waals surface area (Å²) in [5.41, 5.74) is 0.879. The predicted molar refractivity (Wildman–Crippen MR) is 132 cm³/mol. The highest BCUT2D eigenvalue weighted by atomic mass is 19.4. The number of amides is 2. The number of ketones is 1. The number of likely N-dealkylation sites (tertiary alicyclic amines) is 1. The second-order valence-electron chi connectivity index (χ2n) is 8.65. The minimum Gasteiger partial charge on any atom is -0.489 e. The van der Waals surface area contributed by atoms with E-state index in [0.29, 0.717) is 37.2 Å². The Morgan fingerprint density at radius 2 is 1.53 bits per heavy atom. The van der Waals surface area contributed by atoms with Crippen molar-refractivity contribution >= 4 is 17.6 Å². The number of benzene rings is 3. The number of carbonyl (C=O) groups is 3. The lowest BCUT2D eigenvalue weighted by atomic mass is 10.1. The molecular weight excluding hydrogens is 501 g/mol. The van der Waals surface area contributed by atoms with E-state index in [2.05, 4.69) is 10.1 Å². The Hall–Kier alpha value is -4.34. The van der Waals surface area contributed by atoms with Crippen molar-refractivity contribution < 1.29 is 37.0 Å². The number of alkyl halides is 3. The van der Waals surface area contributed by atoms with Crippen LogP contribution in [-0.4, -0.2) is 54.6 Å². The van der Waals surface area contributed by atoms with Crippen molar-refractivity contribution in [1.82, 2.24) is 10.2 Å². The number of rotatable bonds is 8. The van der Waals surface area contributed by atoms with Gasteiger partial charge in [-0.2, -0.15) is 0 Å². The molecule has 0 bridgehead atoms. The monoisotopic (exact) mass is 526 g/mol. The van der Waals surface area contributed by atoms with Crippen molar-refractivity contribution in [1.29, 1.82) is 0 Å². The average molecular weight is 527 g/mol. The molecule has 0 aliphatic carbocycles. The van der Waals surface area contributed by atoms with E-state index in [1.54, 1.807) is 59.5 Å². The topological polar surface area (TPSA) is 84.9 Å². The quantitative estimate of drug-likeness (QED) is 0.423. The molecule has 1 fully saturated rings. The van der Waals surface area contributed by atoms with Gasteiger partial charge in [0.1, 0.15) is 17.6 Å². The smallest absolute Gasteiger partial charge is 0.489 e. The lowest BCUT2D eigenvalue weighted by Crippen LogP contribution is -2.42. The average Bonchev–Trinajstić information content (AvgIpc) is 2.91. The summed E-state index contributed by atoms with van der Waals surface area (Å²) in [6.45, 7) is 0.495. The lowest BCUT2D eigenvalue weighted by Gasteiger charge is -2.32. The summed E-state index contributed by atoms with van der Waals surface area (Å²) >= 11 is 0. The third-order valence-electron chi connectivity index (χ3n) is 5.97. The van der Waals surface area contributed by atoms with Crippen LogP contribution in [0.4, 0.5) is 13.2 Å². The first-order valence-electron chi connectivity index (χ1n) is 12.0. The summed E-state index contributed by atoms with van der Waals surface area (Å²) in [6, 6.07) is 20.3. The van der Waals surface area contributed by atoms with E-state index in [9.17, 15) is 27.6 Å². The standard InChI is InChI=1S/C28H25F3N2O5/c29-28(30,31)38-22-10-6-9-20(17-22)27(36)33-15-13-21(14-16-33)37-25-12-5-4-11-23(25)26(35)32-18-24(34)19-7-2-1-3-8-19/h1-12,17,21H,13-16,18H2,(H,32,35). The molecule has 0 saturated carbocycles. The van der Waals surface area contributed by atoms with Gasteiger partial charge in [-0.1, -0.05) is 48.5 Å². The predicted octanol–water partition coefficient (Wildman–Crippen LogP) is 4.88. The number of halogens is 3. The van der Waals surface area contributed by atoms with Crippen molar-refractivity contribution in [2.45, 2.75) is 25.3 Å². The molecule has 7 nitrogen and oxygen atoms in total. The van der Waals surface area contributed by atoms with Gasteiger partial charge in [-0.25, -0.2) is 0 Å². The molecule has 1 aliphatic heterocycles. The van der Waals surface area contributed by atoms with Crippen molar-refractivity contribution in [3.8, 4) is 11.5 Å². The number of para-hydroxylation sites is 1. The second kappa shape index (κ2) is 11.8. The number of hydrogen-bond donors (Lipinski definition) is 1. The van der Waals surface area contributed by atoms with Crippen LogP contribution in [0.1, 0.15) is 43.9 Å². The molecule has 1 N–H and O–H groups in total. The Morgan fingerprint density at radius 1 is 0.868 bits per heavy atom. The van der Waals surface area contributed by atoms with Gasteiger partial charge in [0.15, 0.2) is 5.78 Å². The number of Topliss-reactive ketones (excluding diaryl/α,β-unsaturated/α-hetero) is 1. The largest absolute Gasteiger partial charge is 0.573 e. The molecule has 0 unspecified atom stereocenters. The molecule has 38 heavy (non-hydrogen) atoms. The molecule has 1 heterocycles. The van der Waals surface area contributed by atoms with Crippen molar-refractivity contribution in [3.63, 3.8) is 0 Å². The fourth-order valence-corrected chi connectivity index (χ4v) is 4.10. The van der Waals surface area contributed by atoms with Gasteiger partial charge in [0, 0.05) is 37.1 Å². The molecule has 0 aromatic heterocycles. The Morgan fingerprint density at radius 3 is 2.24 bits per heavy atom. The summed E-state index contributed by atoms with van der Waals surface area (Å²) in [6.07, 6.45) is -4.19. The first-order chi connectivity index (χ1) is 18.2. The van der Waals surface area contributed by atoms with E-state index < -0.39 is 23.9 Å². The van der Waals surface area contributed by atoms with E-state index in [0.717, 1.165) is 12.1 Å². The molecule has 0 spiro atoms. The van der Waals surface area contributed by atoms with Gasteiger partial charge < -0.3 is 19.7 Å². The molecule has 0 radical (unpaired) electrons. The Balaban J connectivity index is 1.32. The number of carbonyl (C=O) groups excluding carboxylic acids is 3. The second-order valence-corrected chi connectivity index (χ2v) is 8.65. The van der Waals surface area contributed by atoms with E-state index in [4.69, 9.17) is 4.74 Å². The van der Waals surface area contributed by atoms with E-state index in [1.165, 1.54) is 12.1 Å². The minimum atomic E-state index is -4.85. The zero-order valence-electron chi connectivity index (χ0n) is 20.2. The van der Waals surface area contributed by atoms with Gasteiger partial charge >= 0.3 is 6.36 Å². The van der Waals surface area contributed by atoms with Gasteiger partial charge in [-0.05, 0) is 30.3 Å². The number of hydrogen-bond acceptors (Lipinski definition) is 5. The van der Waals surface area contributed by atoms with Crippen LogP contribution in [0.25, 0.3) is 0 Å². The van der Waals surface area contributed by atoms with Crippen molar-refractivity contribution in [2.24, 2.45) is 0 Å². The van der Waals surface area contributed by atoms with Crippen LogP contribution < -0.4 is 14.8 Å². The summed E-state index contributed by atoms with van der Waals surface area (Å²) in [5, 5.41) is 2.63. The normalized spacial score (nSPS) is 14.0. The van der Waals surface area contributed by atoms with E-state index >= 15 is 0 Å². The van der Waals surface area contributed by atoms with Gasteiger partial charge in [0.25, 0.3) is 11.8 Å². The van der Waals surface area contributed by atoms with Gasteiger partial charge in [-0.15, -0.1) is 13.2 Å². The Kier molecular flexibility index (Phi) is 8.30. The zero-order valence-corrected chi connectivity index (χ0v) is 20.2. The summed E-state index contributed by atoms with van der Waals surface area (Å²) in [7, 11) is 0. The lowest BCUT2D eigenvalue weighted by molar-refractivity contribution is -0.274. The van der Waals surface area contributed by atoms with Crippen LogP contribution in [0.15, 0.2) is 78.9 Å². The minimum absolute atomic E-state index is 0.0955. The van der Waals surface area contributed by atoms with Crippen LogP contribution in [0.3, 0.4) is 0 Å². The molecule has 198 valence electrons. The highest BCUT2D eigenvalue weighted by Crippen LogP contribution is 2.26. The van der Waals surface area contributed by atoms with Gasteiger partial charge in [0.05, 0.1) is 12.1 Å². The fraction of sp³-hybridized carbons (Fsp3) is 0.250. The van der Waals surface area contributed by atoms with Crippen LogP contribution in [0, 0.1) is 0 Å². The van der Waals surface area contributed by atoms with Crippen LogP contribution >= 0.6 is 0 Å². The molecule has 0 atom stereocenters.